The number of carbonyl (C=O) groups is 3. The predicted molar refractivity (Wildman–Crippen MR) is 97.2 cm³/mol. The van der Waals surface area contributed by atoms with E-state index in [9.17, 15) is 14.4 Å². The monoisotopic (exact) mass is 361 g/mol. The molecule has 1 aromatic rings. The van der Waals surface area contributed by atoms with E-state index in [1.807, 2.05) is 30.3 Å². The topological polar surface area (TPSA) is 136 Å². The molecule has 1 saturated carbocycles. The van der Waals surface area contributed by atoms with Crippen LogP contribution in [0.25, 0.3) is 0 Å². The van der Waals surface area contributed by atoms with Crippen LogP contribution >= 0.6 is 0 Å². The van der Waals surface area contributed by atoms with Crippen LogP contribution in [0, 0.1) is 0 Å². The molecule has 2 atom stereocenters. The van der Waals surface area contributed by atoms with Crippen LogP contribution in [-0.2, 0) is 19.9 Å². The summed E-state index contributed by atoms with van der Waals surface area (Å²) in [6.45, 7) is 1.62. The molecule has 0 aliphatic heterocycles. The maximum absolute atomic E-state index is 13.0. The first kappa shape index (κ1) is 20.1. The average molecular weight is 361 g/mol. The summed E-state index contributed by atoms with van der Waals surface area (Å²) >= 11 is 0. The lowest BCUT2D eigenvalue weighted by atomic mass is 9.82. The Labute approximate surface area is 153 Å². The van der Waals surface area contributed by atoms with Crippen LogP contribution in [0.1, 0.15) is 51.0 Å². The molecule has 7 nitrogen and oxygen atoms in total. The van der Waals surface area contributed by atoms with Crippen LogP contribution in [0.4, 0.5) is 0 Å². The van der Waals surface area contributed by atoms with Crippen molar-refractivity contribution in [1.82, 2.24) is 5.32 Å². The van der Waals surface area contributed by atoms with Crippen molar-refractivity contribution >= 4 is 17.7 Å². The molecule has 0 aromatic heterocycles. The van der Waals surface area contributed by atoms with Crippen molar-refractivity contribution in [2.24, 2.45) is 11.5 Å². The summed E-state index contributed by atoms with van der Waals surface area (Å²) in [5.74, 6) is -2.56. The van der Waals surface area contributed by atoms with Crippen LogP contribution in [0.5, 0.6) is 0 Å². The van der Waals surface area contributed by atoms with Crippen LogP contribution in [0.2, 0.25) is 0 Å². The van der Waals surface area contributed by atoms with Gasteiger partial charge in [0.15, 0.2) is 11.3 Å². The molecule has 0 heterocycles. The van der Waals surface area contributed by atoms with Crippen molar-refractivity contribution < 1.29 is 19.5 Å². The number of rotatable bonds is 8. The van der Waals surface area contributed by atoms with Gasteiger partial charge < -0.3 is 21.9 Å². The number of carbonyl (C=O) groups excluding carboxylic acids is 2. The third kappa shape index (κ3) is 3.94. The zero-order valence-corrected chi connectivity index (χ0v) is 15.0. The van der Waals surface area contributed by atoms with Gasteiger partial charge in [-0.3, -0.25) is 14.4 Å². The van der Waals surface area contributed by atoms with Gasteiger partial charge in [-0.1, -0.05) is 50.1 Å². The van der Waals surface area contributed by atoms with Gasteiger partial charge in [0.05, 0.1) is 18.0 Å². The molecule has 1 unspecified atom stereocenters. The Morgan fingerprint density at radius 1 is 1.23 bits per heavy atom. The number of ketones is 1. The minimum absolute atomic E-state index is 0.0376. The second-order valence-electron chi connectivity index (χ2n) is 7.00. The minimum Gasteiger partial charge on any atom is -0.481 e. The number of Topliss-reactive ketones (excluding diaryl/α,β-unsaturated/α-hetero) is 1. The fourth-order valence-corrected chi connectivity index (χ4v) is 3.61. The van der Waals surface area contributed by atoms with E-state index in [1.54, 1.807) is 6.92 Å². The van der Waals surface area contributed by atoms with Gasteiger partial charge in [0, 0.05) is 0 Å². The summed E-state index contributed by atoms with van der Waals surface area (Å²) in [5, 5.41) is 11.9. The van der Waals surface area contributed by atoms with Crippen LogP contribution in [0.15, 0.2) is 30.3 Å². The van der Waals surface area contributed by atoms with Crippen molar-refractivity contribution in [3.05, 3.63) is 35.9 Å². The smallest absolute Gasteiger partial charge is 0.305 e. The number of benzene rings is 1. The van der Waals surface area contributed by atoms with E-state index in [2.05, 4.69) is 5.32 Å². The Hall–Kier alpha value is -2.25. The molecule has 1 amide bonds. The van der Waals surface area contributed by atoms with Crippen molar-refractivity contribution in [3.8, 4) is 0 Å². The van der Waals surface area contributed by atoms with Gasteiger partial charge in [-0.25, -0.2) is 0 Å². The number of nitrogens with one attached hydrogen (secondary N) is 1. The fourth-order valence-electron chi connectivity index (χ4n) is 3.61. The van der Waals surface area contributed by atoms with Gasteiger partial charge >= 0.3 is 5.97 Å². The van der Waals surface area contributed by atoms with Gasteiger partial charge in [0.1, 0.15) is 0 Å². The number of aliphatic carboxylic acids is 1. The molecular weight excluding hydrogens is 334 g/mol. The lowest BCUT2D eigenvalue weighted by Crippen LogP contribution is -2.65. The van der Waals surface area contributed by atoms with Crippen molar-refractivity contribution in [1.29, 1.82) is 0 Å². The quantitative estimate of drug-likeness (QED) is 0.511. The normalized spacial score (nSPS) is 19.3. The molecule has 6 N–H and O–H groups in total. The lowest BCUT2D eigenvalue weighted by molar-refractivity contribution is -0.143. The maximum Gasteiger partial charge on any atom is 0.305 e. The Bertz CT molecular complexity index is 671. The largest absolute Gasteiger partial charge is 0.481 e. The van der Waals surface area contributed by atoms with E-state index in [1.165, 1.54) is 0 Å². The SMILES string of the molecule is CCC(N)(C(=O)NC1(c2ccccc2)CCCC1)C(=O)[C@@H](N)CC(=O)O. The average Bonchev–Trinajstić information content (AvgIpc) is 3.10. The molecule has 7 heteroatoms. The second-order valence-corrected chi connectivity index (χ2v) is 7.00. The van der Waals surface area contributed by atoms with Gasteiger partial charge in [-0.05, 0) is 24.8 Å². The standard InChI is InChI=1S/C19H27N3O4/c1-2-19(21,16(25)14(20)12-15(23)24)17(26)22-18(10-6-7-11-18)13-8-4-3-5-9-13/h3-5,8-9,14H,2,6-7,10-12,20-21H2,1H3,(H,22,26)(H,23,24)/t14-,19?/m0/s1. The lowest BCUT2D eigenvalue weighted by Gasteiger charge is -2.36. The predicted octanol–water partition coefficient (Wildman–Crippen LogP) is 1.05. The van der Waals surface area contributed by atoms with E-state index in [-0.39, 0.29) is 6.42 Å². The molecule has 2 rings (SSSR count). The fraction of sp³-hybridized carbons (Fsp3) is 0.526. The molecule has 1 aromatic carbocycles. The van der Waals surface area contributed by atoms with Crippen LogP contribution in [0.3, 0.4) is 0 Å². The van der Waals surface area contributed by atoms with Crippen molar-refractivity contribution in [2.45, 2.75) is 62.6 Å². The third-order valence-corrected chi connectivity index (χ3v) is 5.27. The summed E-state index contributed by atoms with van der Waals surface area (Å²) in [4.78, 5) is 36.5. The summed E-state index contributed by atoms with van der Waals surface area (Å²) < 4.78 is 0. The van der Waals surface area contributed by atoms with E-state index in [4.69, 9.17) is 16.6 Å². The van der Waals surface area contributed by atoms with E-state index < -0.39 is 41.2 Å². The number of carboxylic acid groups (broad SMARTS) is 1. The van der Waals surface area contributed by atoms with Crippen molar-refractivity contribution in [2.75, 3.05) is 0 Å². The minimum atomic E-state index is -1.85. The van der Waals surface area contributed by atoms with Gasteiger partial charge in [-0.2, -0.15) is 0 Å². The maximum atomic E-state index is 13.0. The number of amides is 1. The molecule has 0 radical (unpaired) electrons. The highest BCUT2D eigenvalue weighted by atomic mass is 16.4. The van der Waals surface area contributed by atoms with Gasteiger partial charge in [0.25, 0.3) is 0 Å². The molecule has 1 fully saturated rings. The van der Waals surface area contributed by atoms with Gasteiger partial charge in [0.2, 0.25) is 5.91 Å². The van der Waals surface area contributed by atoms with E-state index >= 15 is 0 Å². The molecule has 26 heavy (non-hydrogen) atoms. The zero-order chi connectivity index (χ0) is 19.4. The molecule has 0 saturated heterocycles. The van der Waals surface area contributed by atoms with Crippen LogP contribution < -0.4 is 16.8 Å². The highest BCUT2D eigenvalue weighted by molar-refractivity contribution is 6.13. The first-order valence-electron chi connectivity index (χ1n) is 8.94. The second kappa shape index (κ2) is 7.97. The molecule has 0 bridgehead atoms. The Morgan fingerprint density at radius 3 is 2.31 bits per heavy atom. The molecule has 142 valence electrons. The summed E-state index contributed by atoms with van der Waals surface area (Å²) in [5.41, 5.74) is 10.4. The summed E-state index contributed by atoms with van der Waals surface area (Å²) in [6.07, 6.45) is 2.93. The summed E-state index contributed by atoms with van der Waals surface area (Å²) in [6, 6.07) is 8.30. The summed E-state index contributed by atoms with van der Waals surface area (Å²) in [7, 11) is 0. The molecule has 1 aliphatic rings. The zero-order valence-electron chi connectivity index (χ0n) is 15.0. The Kier molecular flexibility index (Phi) is 6.15. The Balaban J connectivity index is 2.26. The first-order chi connectivity index (χ1) is 12.2. The van der Waals surface area contributed by atoms with E-state index in [0.29, 0.717) is 0 Å². The Morgan fingerprint density at radius 2 is 1.81 bits per heavy atom. The van der Waals surface area contributed by atoms with E-state index in [0.717, 1.165) is 31.2 Å². The van der Waals surface area contributed by atoms with Crippen molar-refractivity contribution in [3.63, 3.8) is 0 Å². The highest BCUT2D eigenvalue weighted by Crippen LogP contribution is 2.39. The third-order valence-electron chi connectivity index (χ3n) is 5.27. The number of carboxylic acids is 1. The van der Waals surface area contributed by atoms with Crippen LogP contribution in [-0.4, -0.2) is 34.3 Å². The van der Waals surface area contributed by atoms with Gasteiger partial charge in [-0.15, -0.1) is 0 Å². The molecular formula is C19H27N3O4. The molecule has 1 aliphatic carbocycles. The number of hydrogen-bond acceptors (Lipinski definition) is 5. The molecule has 0 spiro atoms. The number of hydrogen-bond donors (Lipinski definition) is 4. The number of nitrogens with two attached hydrogens (primary N) is 2. The first-order valence-corrected chi connectivity index (χ1v) is 8.94. The highest BCUT2D eigenvalue weighted by Gasteiger charge is 2.47.